The Morgan fingerprint density at radius 2 is 1.90 bits per heavy atom. The molecule has 0 aromatic heterocycles. The summed E-state index contributed by atoms with van der Waals surface area (Å²) in [6.45, 7) is 9.69. The van der Waals surface area contributed by atoms with E-state index >= 15 is 0 Å². The Morgan fingerprint density at radius 1 is 1.24 bits per heavy atom. The van der Waals surface area contributed by atoms with Crippen molar-refractivity contribution in [3.63, 3.8) is 0 Å². The van der Waals surface area contributed by atoms with Gasteiger partial charge in [0.2, 0.25) is 5.60 Å². The lowest BCUT2D eigenvalue weighted by Gasteiger charge is -2.34. The molecule has 1 fully saturated rings. The maximum Gasteiger partial charge on any atom is 0.351 e. The zero-order valence-corrected chi connectivity index (χ0v) is 17.5. The summed E-state index contributed by atoms with van der Waals surface area (Å²) in [5.74, 6) is -3.18. The van der Waals surface area contributed by atoms with Crippen LogP contribution in [-0.2, 0) is 33.4 Å². The molecule has 0 amide bonds. The van der Waals surface area contributed by atoms with Gasteiger partial charge in [0.15, 0.2) is 5.78 Å². The van der Waals surface area contributed by atoms with Crippen LogP contribution in [-0.4, -0.2) is 41.5 Å². The third kappa shape index (κ3) is 3.32. The molecule has 3 aliphatic rings. The second-order valence-electron chi connectivity index (χ2n) is 8.14. The van der Waals surface area contributed by atoms with Gasteiger partial charge >= 0.3 is 17.9 Å². The van der Waals surface area contributed by atoms with Crippen molar-refractivity contribution >= 4 is 23.7 Å². The molecule has 29 heavy (non-hydrogen) atoms. The molecule has 0 N–H and O–H groups in total. The number of carbonyl (C=O) groups excluding carboxylic acids is 4. The largest absolute Gasteiger partial charge is 0.458 e. The number of ether oxygens (including phenoxy) is 3. The summed E-state index contributed by atoms with van der Waals surface area (Å²) < 4.78 is 16.9. The fourth-order valence-corrected chi connectivity index (χ4v) is 4.67. The van der Waals surface area contributed by atoms with E-state index in [-0.39, 0.29) is 12.2 Å². The molecule has 1 aliphatic heterocycles. The normalized spacial score (nSPS) is 34.1. The summed E-state index contributed by atoms with van der Waals surface area (Å²) in [5, 5.41) is 0. The third-order valence-electron chi connectivity index (χ3n) is 6.13. The SMILES string of the molecule is C/C=C(/C)C(=O)O[C@H]1CC(C)=C2C(=O)C=C(C)[C@H]2[C@@H]2OC(=O)[C@@](C)(OC(C)=O)[C@@H]21. The summed E-state index contributed by atoms with van der Waals surface area (Å²) in [6.07, 6.45) is 1.86. The number of hydrogen-bond donors (Lipinski definition) is 0. The van der Waals surface area contributed by atoms with E-state index in [2.05, 4.69) is 0 Å². The van der Waals surface area contributed by atoms with Gasteiger partial charge in [0.1, 0.15) is 12.2 Å². The highest BCUT2D eigenvalue weighted by molar-refractivity contribution is 6.09. The van der Waals surface area contributed by atoms with Gasteiger partial charge in [-0.1, -0.05) is 17.2 Å². The number of esters is 3. The van der Waals surface area contributed by atoms with E-state index in [1.165, 1.54) is 13.8 Å². The molecule has 7 heteroatoms. The summed E-state index contributed by atoms with van der Waals surface area (Å²) in [4.78, 5) is 49.7. The number of hydrogen-bond acceptors (Lipinski definition) is 7. The van der Waals surface area contributed by atoms with Gasteiger partial charge in [0.25, 0.3) is 0 Å². The lowest BCUT2D eigenvalue weighted by Crippen LogP contribution is -2.50. The molecule has 0 aromatic carbocycles. The number of rotatable bonds is 3. The second-order valence-corrected chi connectivity index (χ2v) is 8.14. The lowest BCUT2D eigenvalue weighted by atomic mass is 9.77. The monoisotopic (exact) mass is 402 g/mol. The van der Waals surface area contributed by atoms with E-state index in [1.807, 2.05) is 13.8 Å². The van der Waals surface area contributed by atoms with Gasteiger partial charge in [-0.05, 0) is 40.7 Å². The van der Waals surface area contributed by atoms with Gasteiger partial charge in [0, 0.05) is 30.4 Å². The van der Waals surface area contributed by atoms with Gasteiger partial charge in [-0.3, -0.25) is 9.59 Å². The number of carbonyl (C=O) groups is 4. The molecule has 0 radical (unpaired) electrons. The fourth-order valence-electron chi connectivity index (χ4n) is 4.67. The van der Waals surface area contributed by atoms with Crippen molar-refractivity contribution in [3.05, 3.63) is 34.4 Å². The Bertz CT molecular complexity index is 891. The van der Waals surface area contributed by atoms with Gasteiger partial charge < -0.3 is 14.2 Å². The van der Waals surface area contributed by atoms with Crippen molar-refractivity contribution < 1.29 is 33.4 Å². The summed E-state index contributed by atoms with van der Waals surface area (Å²) in [5.41, 5.74) is 0.921. The van der Waals surface area contributed by atoms with E-state index in [9.17, 15) is 19.2 Å². The van der Waals surface area contributed by atoms with Crippen LogP contribution >= 0.6 is 0 Å². The smallest absolute Gasteiger partial charge is 0.351 e. The van der Waals surface area contributed by atoms with Crippen molar-refractivity contribution in [3.8, 4) is 0 Å². The topological polar surface area (TPSA) is 96.0 Å². The molecule has 1 heterocycles. The molecule has 156 valence electrons. The van der Waals surface area contributed by atoms with Crippen molar-refractivity contribution in [1.82, 2.24) is 0 Å². The van der Waals surface area contributed by atoms with Crippen LogP contribution in [0.15, 0.2) is 34.4 Å². The standard InChI is InChI=1S/C22H26O7/c1-7-10(2)20(25)27-15-9-12(4)16-14(24)8-11(3)17(16)19-18(15)22(6,21(26)28-19)29-13(5)23/h7-8,15,17-19H,9H2,1-6H3/b10-7-/t15-,17+,18+,19-,22-/m0/s1. The van der Waals surface area contributed by atoms with Crippen LogP contribution < -0.4 is 0 Å². The van der Waals surface area contributed by atoms with Crippen LogP contribution in [0.2, 0.25) is 0 Å². The first-order valence-corrected chi connectivity index (χ1v) is 9.68. The summed E-state index contributed by atoms with van der Waals surface area (Å²) >= 11 is 0. The van der Waals surface area contributed by atoms with Crippen LogP contribution in [0.3, 0.4) is 0 Å². The number of allylic oxidation sites excluding steroid dienone is 2. The first kappa shape index (κ1) is 21.0. The van der Waals surface area contributed by atoms with E-state index in [4.69, 9.17) is 14.2 Å². The minimum Gasteiger partial charge on any atom is -0.458 e. The molecule has 0 saturated carbocycles. The third-order valence-corrected chi connectivity index (χ3v) is 6.13. The first-order valence-electron chi connectivity index (χ1n) is 9.68. The van der Waals surface area contributed by atoms with Crippen molar-refractivity contribution in [2.75, 3.05) is 0 Å². The number of fused-ring (bicyclic) bond motifs is 3. The molecule has 7 nitrogen and oxygen atoms in total. The average molecular weight is 402 g/mol. The average Bonchev–Trinajstić information content (AvgIpc) is 3.00. The van der Waals surface area contributed by atoms with Crippen LogP contribution in [0.25, 0.3) is 0 Å². The molecule has 0 aromatic rings. The summed E-state index contributed by atoms with van der Waals surface area (Å²) in [6, 6.07) is 0. The predicted molar refractivity (Wildman–Crippen MR) is 102 cm³/mol. The molecular formula is C22H26O7. The van der Waals surface area contributed by atoms with Gasteiger partial charge in [-0.15, -0.1) is 0 Å². The van der Waals surface area contributed by atoms with Crippen molar-refractivity contribution in [2.45, 2.75) is 65.8 Å². The van der Waals surface area contributed by atoms with Gasteiger partial charge in [-0.2, -0.15) is 0 Å². The maximum absolute atomic E-state index is 12.8. The lowest BCUT2D eigenvalue weighted by molar-refractivity contribution is -0.176. The Kier molecular flexibility index (Phi) is 5.28. The van der Waals surface area contributed by atoms with E-state index in [1.54, 1.807) is 26.0 Å². The van der Waals surface area contributed by atoms with Gasteiger partial charge in [-0.25, -0.2) is 9.59 Å². The molecule has 2 aliphatic carbocycles. The quantitative estimate of drug-likeness (QED) is 0.407. The molecule has 5 atom stereocenters. The van der Waals surface area contributed by atoms with Crippen LogP contribution in [0.1, 0.15) is 48.0 Å². The fraction of sp³-hybridized carbons (Fsp3) is 0.545. The second kappa shape index (κ2) is 7.28. The zero-order chi connectivity index (χ0) is 21.7. The first-order chi connectivity index (χ1) is 13.5. The molecule has 1 saturated heterocycles. The van der Waals surface area contributed by atoms with Gasteiger partial charge in [0.05, 0.1) is 5.92 Å². The maximum atomic E-state index is 12.8. The molecule has 0 unspecified atom stereocenters. The Balaban J connectivity index is 2.13. The minimum atomic E-state index is -1.62. The molecular weight excluding hydrogens is 376 g/mol. The molecule has 3 rings (SSSR count). The molecule has 0 bridgehead atoms. The molecule has 0 spiro atoms. The van der Waals surface area contributed by atoms with E-state index in [0.29, 0.717) is 11.1 Å². The Morgan fingerprint density at radius 3 is 2.48 bits per heavy atom. The highest BCUT2D eigenvalue weighted by Crippen LogP contribution is 2.51. The highest BCUT2D eigenvalue weighted by atomic mass is 16.6. The van der Waals surface area contributed by atoms with Crippen LogP contribution in [0.5, 0.6) is 0 Å². The Labute approximate surface area is 169 Å². The van der Waals surface area contributed by atoms with E-state index < -0.39 is 47.6 Å². The summed E-state index contributed by atoms with van der Waals surface area (Å²) in [7, 11) is 0. The van der Waals surface area contributed by atoms with Crippen LogP contribution in [0.4, 0.5) is 0 Å². The Hall–Kier alpha value is -2.70. The van der Waals surface area contributed by atoms with Crippen molar-refractivity contribution in [2.24, 2.45) is 11.8 Å². The zero-order valence-electron chi connectivity index (χ0n) is 17.5. The predicted octanol–water partition coefficient (Wildman–Crippen LogP) is 2.59. The number of ketones is 1. The van der Waals surface area contributed by atoms with Crippen LogP contribution in [0, 0.1) is 11.8 Å². The van der Waals surface area contributed by atoms with Crippen molar-refractivity contribution in [1.29, 1.82) is 0 Å². The highest BCUT2D eigenvalue weighted by Gasteiger charge is 2.65. The van der Waals surface area contributed by atoms with E-state index in [0.717, 1.165) is 11.1 Å². The minimum absolute atomic E-state index is 0.127.